The maximum atomic E-state index is 12.8. The van der Waals surface area contributed by atoms with E-state index >= 15 is 0 Å². The largest absolute Gasteiger partial charge is 0.707 e. The van der Waals surface area contributed by atoms with Gasteiger partial charge in [-0.2, -0.15) is 0 Å². The zero-order valence-corrected chi connectivity index (χ0v) is 13.2. The molecular formula is C14H11BClNO5S. The third-order valence-electron chi connectivity index (χ3n) is 3.24. The van der Waals surface area contributed by atoms with Gasteiger partial charge in [-0.1, -0.05) is 23.7 Å². The topological polar surface area (TPSA) is 88.8 Å². The first-order valence-corrected chi connectivity index (χ1v) is 8.35. The summed E-state index contributed by atoms with van der Waals surface area (Å²) in [5.41, 5.74) is 0.359. The van der Waals surface area contributed by atoms with Gasteiger partial charge in [0.05, 0.1) is 16.6 Å². The molecule has 0 fully saturated rings. The van der Waals surface area contributed by atoms with E-state index in [1.54, 1.807) is 24.3 Å². The summed E-state index contributed by atoms with van der Waals surface area (Å²) in [6.45, 7) is 0. The molecule has 118 valence electrons. The SMILES string of the molecule is O=S(=O)(c1ccc(Cl)cc1)n1cc(OB(O)O)c2ccccc21. The fourth-order valence-corrected chi connectivity index (χ4v) is 3.73. The number of hydrogen-bond donors (Lipinski definition) is 2. The molecule has 2 aromatic carbocycles. The quantitative estimate of drug-likeness (QED) is 0.701. The Morgan fingerprint density at radius 1 is 1.04 bits per heavy atom. The van der Waals surface area contributed by atoms with Gasteiger partial charge in [0.1, 0.15) is 5.75 Å². The van der Waals surface area contributed by atoms with Crippen molar-refractivity contribution < 1.29 is 23.1 Å². The zero-order chi connectivity index (χ0) is 16.6. The summed E-state index contributed by atoms with van der Waals surface area (Å²) in [7, 11) is -5.93. The summed E-state index contributed by atoms with van der Waals surface area (Å²) < 4.78 is 31.5. The average Bonchev–Trinajstić information content (AvgIpc) is 2.87. The van der Waals surface area contributed by atoms with Crippen molar-refractivity contribution in [3.8, 4) is 5.75 Å². The fourth-order valence-electron chi connectivity index (χ4n) is 2.25. The van der Waals surface area contributed by atoms with Crippen molar-refractivity contribution in [3.63, 3.8) is 0 Å². The summed E-state index contributed by atoms with van der Waals surface area (Å²) in [4.78, 5) is 0.0544. The van der Waals surface area contributed by atoms with Gasteiger partial charge in [0, 0.05) is 10.4 Å². The molecule has 0 radical (unpaired) electrons. The van der Waals surface area contributed by atoms with E-state index < -0.39 is 17.3 Å². The second kappa shape index (κ2) is 5.90. The highest BCUT2D eigenvalue weighted by molar-refractivity contribution is 7.90. The van der Waals surface area contributed by atoms with Crippen LogP contribution in [0.5, 0.6) is 5.75 Å². The molecule has 3 aromatic rings. The molecule has 1 aromatic heterocycles. The molecule has 9 heteroatoms. The van der Waals surface area contributed by atoms with Gasteiger partial charge >= 0.3 is 7.32 Å². The fraction of sp³-hybridized carbons (Fsp3) is 0. The van der Waals surface area contributed by atoms with Gasteiger partial charge in [-0.3, -0.25) is 0 Å². The Labute approximate surface area is 137 Å². The lowest BCUT2D eigenvalue weighted by molar-refractivity contribution is 0.289. The molecule has 0 amide bonds. The standard InChI is InChI=1S/C14H11BClNO5S/c16-10-5-7-11(8-6-10)23(20,21)17-9-14(22-15(18)19)12-3-1-2-4-13(12)17/h1-9,18-19H. The average molecular weight is 352 g/mol. The predicted octanol–water partition coefficient (Wildman–Crippen LogP) is 1.88. The Kier molecular flexibility index (Phi) is 4.07. The minimum absolute atomic E-state index is 0.0492. The van der Waals surface area contributed by atoms with Gasteiger partial charge in [0.2, 0.25) is 0 Å². The molecule has 23 heavy (non-hydrogen) atoms. The Morgan fingerprint density at radius 2 is 1.70 bits per heavy atom. The molecule has 1 heterocycles. The van der Waals surface area contributed by atoms with Crippen molar-refractivity contribution in [2.45, 2.75) is 4.90 Å². The smallest absolute Gasteiger partial charge is 0.510 e. The van der Waals surface area contributed by atoms with Crippen LogP contribution in [-0.2, 0) is 10.0 Å². The zero-order valence-electron chi connectivity index (χ0n) is 11.6. The van der Waals surface area contributed by atoms with Crippen molar-refractivity contribution in [2.75, 3.05) is 0 Å². The Hall–Kier alpha value is -2.00. The third kappa shape index (κ3) is 2.94. The van der Waals surface area contributed by atoms with Gasteiger partial charge in [0.15, 0.2) is 0 Å². The van der Waals surface area contributed by atoms with Crippen LogP contribution in [0.25, 0.3) is 10.9 Å². The van der Waals surface area contributed by atoms with Crippen molar-refractivity contribution in [1.82, 2.24) is 3.97 Å². The Morgan fingerprint density at radius 3 is 2.35 bits per heavy atom. The van der Waals surface area contributed by atoms with Gasteiger partial charge in [-0.15, -0.1) is 0 Å². The van der Waals surface area contributed by atoms with Crippen LogP contribution in [0.4, 0.5) is 0 Å². The highest BCUT2D eigenvalue weighted by Crippen LogP contribution is 2.31. The van der Waals surface area contributed by atoms with E-state index in [9.17, 15) is 8.42 Å². The van der Waals surface area contributed by atoms with Crippen LogP contribution in [0.3, 0.4) is 0 Å². The molecule has 0 saturated carbocycles. The Balaban J connectivity index is 2.21. The van der Waals surface area contributed by atoms with Crippen LogP contribution in [0, 0.1) is 0 Å². The molecular weight excluding hydrogens is 340 g/mol. The minimum Gasteiger partial charge on any atom is -0.510 e. The monoisotopic (exact) mass is 351 g/mol. The number of benzene rings is 2. The van der Waals surface area contributed by atoms with Crippen molar-refractivity contribution in [1.29, 1.82) is 0 Å². The van der Waals surface area contributed by atoms with Crippen LogP contribution < -0.4 is 4.65 Å². The lowest BCUT2D eigenvalue weighted by atomic mass is 10.2. The first-order valence-electron chi connectivity index (χ1n) is 6.53. The molecule has 0 aliphatic heterocycles. The predicted molar refractivity (Wildman–Crippen MR) is 86.8 cm³/mol. The van der Waals surface area contributed by atoms with E-state index in [-0.39, 0.29) is 10.6 Å². The van der Waals surface area contributed by atoms with E-state index in [1.165, 1.54) is 30.5 Å². The van der Waals surface area contributed by atoms with Crippen molar-refractivity contribution in [2.24, 2.45) is 0 Å². The van der Waals surface area contributed by atoms with Crippen LogP contribution in [0.2, 0.25) is 5.02 Å². The van der Waals surface area contributed by atoms with Gasteiger partial charge in [-0.25, -0.2) is 12.4 Å². The maximum Gasteiger partial charge on any atom is 0.707 e. The molecule has 2 N–H and O–H groups in total. The van der Waals surface area contributed by atoms with Crippen LogP contribution in [0.1, 0.15) is 0 Å². The van der Waals surface area contributed by atoms with E-state index in [4.69, 9.17) is 26.3 Å². The number of rotatable bonds is 4. The van der Waals surface area contributed by atoms with Crippen LogP contribution in [0.15, 0.2) is 59.6 Å². The maximum absolute atomic E-state index is 12.8. The highest BCUT2D eigenvalue weighted by atomic mass is 35.5. The minimum atomic E-state index is -3.88. The van der Waals surface area contributed by atoms with E-state index in [1.807, 2.05) is 0 Å². The molecule has 0 atom stereocenters. The summed E-state index contributed by atoms with van der Waals surface area (Å²) in [6, 6.07) is 12.3. The molecule has 0 saturated heterocycles. The van der Waals surface area contributed by atoms with E-state index in [2.05, 4.69) is 0 Å². The van der Waals surface area contributed by atoms with Crippen LogP contribution in [-0.4, -0.2) is 29.8 Å². The number of halogens is 1. The summed E-state index contributed by atoms with van der Waals surface area (Å²) in [5.74, 6) is 0.0492. The lowest BCUT2D eigenvalue weighted by Crippen LogP contribution is -2.20. The second-order valence-electron chi connectivity index (χ2n) is 4.71. The first kappa shape index (κ1) is 15.9. The molecule has 3 rings (SSSR count). The molecule has 0 aliphatic carbocycles. The number of aromatic nitrogens is 1. The third-order valence-corrected chi connectivity index (χ3v) is 5.18. The number of nitrogens with zero attached hydrogens (tertiary/aromatic N) is 1. The van der Waals surface area contributed by atoms with E-state index in [0.717, 1.165) is 3.97 Å². The summed E-state index contributed by atoms with van der Waals surface area (Å²) >= 11 is 5.79. The van der Waals surface area contributed by atoms with E-state index in [0.29, 0.717) is 15.9 Å². The Bertz CT molecular complexity index is 953. The molecule has 0 spiro atoms. The first-order chi connectivity index (χ1) is 10.9. The number of fused-ring (bicyclic) bond motifs is 1. The van der Waals surface area contributed by atoms with Crippen molar-refractivity contribution in [3.05, 3.63) is 59.8 Å². The highest BCUT2D eigenvalue weighted by Gasteiger charge is 2.23. The molecule has 0 aliphatic rings. The molecule has 6 nitrogen and oxygen atoms in total. The second-order valence-corrected chi connectivity index (χ2v) is 6.96. The van der Waals surface area contributed by atoms with Crippen molar-refractivity contribution >= 4 is 39.8 Å². The van der Waals surface area contributed by atoms with Gasteiger partial charge < -0.3 is 14.7 Å². The van der Waals surface area contributed by atoms with Gasteiger partial charge in [-0.05, 0) is 36.4 Å². The van der Waals surface area contributed by atoms with Crippen LogP contribution >= 0.6 is 11.6 Å². The molecule has 0 bridgehead atoms. The van der Waals surface area contributed by atoms with Gasteiger partial charge in [0.25, 0.3) is 10.0 Å². The molecule has 0 unspecified atom stereocenters. The lowest BCUT2D eigenvalue weighted by Gasteiger charge is -2.07. The summed E-state index contributed by atoms with van der Waals surface area (Å²) in [6.07, 6.45) is 1.20. The summed E-state index contributed by atoms with van der Waals surface area (Å²) in [5, 5.41) is 18.8. The number of hydrogen-bond acceptors (Lipinski definition) is 5. The normalized spacial score (nSPS) is 11.6. The number of para-hydroxylation sites is 1.